The highest BCUT2D eigenvalue weighted by Gasteiger charge is 2.33. The molecule has 0 amide bonds. The largest absolute Gasteiger partial charge is 0.401 e. The molecular weight excluding hydrogens is 485 g/mol. The molecule has 10 heteroatoms. The molecule has 0 radical (unpaired) electrons. The molecule has 1 saturated heterocycles. The molecule has 1 atom stereocenters. The van der Waals surface area contributed by atoms with Gasteiger partial charge in [-0.15, -0.1) is 0 Å². The molecule has 3 aromatic rings. The summed E-state index contributed by atoms with van der Waals surface area (Å²) in [5.74, 6) is -0.0217. The summed E-state index contributed by atoms with van der Waals surface area (Å²) in [5.41, 5.74) is 3.28. The molecule has 2 aromatic carbocycles. The lowest BCUT2D eigenvalue weighted by Gasteiger charge is -2.33. The predicted molar refractivity (Wildman–Crippen MR) is 138 cm³/mol. The lowest BCUT2D eigenvalue weighted by atomic mass is 9.90. The number of nitrogens with one attached hydrogen (secondary N) is 1. The van der Waals surface area contributed by atoms with Crippen molar-refractivity contribution in [3.05, 3.63) is 69.6 Å². The average Bonchev–Trinajstić information content (AvgIpc) is 2.80. The van der Waals surface area contributed by atoms with E-state index in [1.807, 2.05) is 32.0 Å². The fourth-order valence-corrected chi connectivity index (χ4v) is 5.37. The van der Waals surface area contributed by atoms with Crippen LogP contribution in [0.5, 0.6) is 0 Å². The highest BCUT2D eigenvalue weighted by molar-refractivity contribution is 5.87. The zero-order valence-electron chi connectivity index (χ0n) is 21.5. The molecule has 2 heterocycles. The van der Waals surface area contributed by atoms with E-state index >= 15 is 0 Å². The number of aryl methyl sites for hydroxylation is 1. The third-order valence-electron chi connectivity index (χ3n) is 7.18. The number of aromatic nitrogens is 1. The van der Waals surface area contributed by atoms with Crippen molar-refractivity contribution >= 4 is 22.1 Å². The van der Waals surface area contributed by atoms with Gasteiger partial charge in [0.1, 0.15) is 12.7 Å². The number of piperidine rings is 1. The van der Waals surface area contributed by atoms with Gasteiger partial charge in [0.15, 0.2) is 0 Å². The Morgan fingerprint density at radius 3 is 2.38 bits per heavy atom. The molecule has 0 spiro atoms. The quantitative estimate of drug-likeness (QED) is 0.297. The minimum Gasteiger partial charge on any atom is -0.373 e. The van der Waals surface area contributed by atoms with Crippen molar-refractivity contribution in [2.75, 3.05) is 32.0 Å². The monoisotopic (exact) mass is 519 g/mol. The van der Waals surface area contributed by atoms with Crippen molar-refractivity contribution in [2.24, 2.45) is 7.05 Å². The van der Waals surface area contributed by atoms with E-state index in [0.717, 1.165) is 22.2 Å². The first-order chi connectivity index (χ1) is 17.2. The van der Waals surface area contributed by atoms with Crippen LogP contribution in [0.1, 0.15) is 48.5 Å². The van der Waals surface area contributed by atoms with Gasteiger partial charge in [-0.2, -0.15) is 23.6 Å². The van der Waals surface area contributed by atoms with E-state index in [0.29, 0.717) is 37.0 Å². The first-order valence-corrected chi connectivity index (χ1v) is 12.4. The summed E-state index contributed by atoms with van der Waals surface area (Å²) < 4.78 is 40.1. The van der Waals surface area contributed by atoms with Crippen LogP contribution < -0.4 is 15.7 Å². The number of rotatable bonds is 6. The number of likely N-dealkylation sites (tertiary alicyclic amines) is 1. The standard InChI is InChI=1S/C27H34F3N4O3/c1-17-13-20(18(2)31-23-7-5-6-8-25(23)34(4,36)37)21-15-24(32(3)26(35)22(21)14-17)19-9-11-33(12-10-19)16-27(28,29)30/h5-8,13-15,18-19,31,36-37H,9-12,16H2,1-4H3/q+1/t18-/m1/s1. The van der Waals surface area contributed by atoms with E-state index in [9.17, 15) is 28.4 Å². The number of alkyl halides is 3. The number of nitrogens with zero attached hydrogens (tertiary/aromatic N) is 3. The highest BCUT2D eigenvalue weighted by atomic mass is 19.4. The molecule has 200 valence electrons. The molecule has 0 saturated carbocycles. The molecule has 4 rings (SSSR count). The SMILES string of the molecule is Cc1cc([C@@H](C)Nc2ccccc2[N+](C)(O)O)c2cc(C3CCN(CC(F)(F)F)CC3)n(C)c(=O)c2c1. The maximum atomic E-state index is 13.4. The Hall–Kier alpha value is -2.92. The summed E-state index contributed by atoms with van der Waals surface area (Å²) >= 11 is 0. The minimum atomic E-state index is -4.22. The number of quaternary nitrogens is 1. The maximum Gasteiger partial charge on any atom is 0.401 e. The Morgan fingerprint density at radius 1 is 1.11 bits per heavy atom. The summed E-state index contributed by atoms with van der Waals surface area (Å²) in [4.78, 5) is 13.5. The summed E-state index contributed by atoms with van der Waals surface area (Å²) in [5, 5.41) is 25.0. The zero-order valence-corrected chi connectivity index (χ0v) is 21.5. The van der Waals surface area contributed by atoms with Gasteiger partial charge in [-0.3, -0.25) is 9.69 Å². The Balaban J connectivity index is 1.71. The van der Waals surface area contributed by atoms with Gasteiger partial charge < -0.3 is 9.88 Å². The van der Waals surface area contributed by atoms with Crippen LogP contribution in [0.25, 0.3) is 10.8 Å². The van der Waals surface area contributed by atoms with Gasteiger partial charge in [-0.1, -0.05) is 18.2 Å². The molecule has 0 aliphatic carbocycles. The Labute approximate surface area is 213 Å². The van der Waals surface area contributed by atoms with Gasteiger partial charge in [0, 0.05) is 36.2 Å². The number of halogens is 3. The molecule has 0 unspecified atom stereocenters. The number of pyridine rings is 1. The third kappa shape index (κ3) is 5.98. The minimum absolute atomic E-state index is 0.0217. The number of fused-ring (bicyclic) bond motifs is 1. The molecule has 1 aliphatic heterocycles. The molecule has 1 fully saturated rings. The summed E-state index contributed by atoms with van der Waals surface area (Å²) in [6.07, 6.45) is -3.14. The van der Waals surface area contributed by atoms with Gasteiger partial charge in [-0.05, 0) is 79.3 Å². The van der Waals surface area contributed by atoms with Crippen LogP contribution in [0, 0.1) is 6.92 Å². The lowest BCUT2D eigenvalue weighted by molar-refractivity contribution is -0.271. The second-order valence-electron chi connectivity index (χ2n) is 10.2. The van der Waals surface area contributed by atoms with Crippen molar-refractivity contribution in [3.63, 3.8) is 0 Å². The smallest absolute Gasteiger partial charge is 0.373 e. The number of hydroxylamine groups is 2. The first-order valence-electron chi connectivity index (χ1n) is 12.4. The third-order valence-corrected chi connectivity index (χ3v) is 7.18. The molecule has 1 aromatic heterocycles. The molecular formula is C27H34F3N4O3+. The topological polar surface area (TPSA) is 77.7 Å². The van der Waals surface area contributed by atoms with Gasteiger partial charge in [-0.25, -0.2) is 0 Å². The van der Waals surface area contributed by atoms with E-state index in [-0.39, 0.29) is 23.2 Å². The van der Waals surface area contributed by atoms with Gasteiger partial charge in [0.2, 0.25) is 5.69 Å². The zero-order chi connectivity index (χ0) is 27.1. The number of hydrogen-bond acceptors (Lipinski definition) is 5. The molecule has 3 N–H and O–H groups in total. The predicted octanol–water partition coefficient (Wildman–Crippen LogP) is 5.48. The first kappa shape index (κ1) is 27.1. The molecule has 0 bridgehead atoms. The van der Waals surface area contributed by atoms with Crippen molar-refractivity contribution in [1.82, 2.24) is 14.3 Å². The second kappa shape index (κ2) is 10.1. The fourth-order valence-electron chi connectivity index (χ4n) is 5.37. The Bertz CT molecular complexity index is 1340. The number of benzene rings is 2. The number of anilines is 1. The van der Waals surface area contributed by atoms with Crippen molar-refractivity contribution in [2.45, 2.75) is 44.8 Å². The van der Waals surface area contributed by atoms with Crippen LogP contribution in [0.2, 0.25) is 0 Å². The maximum absolute atomic E-state index is 13.4. The summed E-state index contributed by atoms with van der Waals surface area (Å²) in [6, 6.07) is 12.4. The van der Waals surface area contributed by atoms with Crippen LogP contribution in [0.3, 0.4) is 0 Å². The summed E-state index contributed by atoms with van der Waals surface area (Å²) in [7, 11) is 2.96. The number of hydrogen-bond donors (Lipinski definition) is 3. The highest BCUT2D eigenvalue weighted by Crippen LogP contribution is 2.35. The van der Waals surface area contributed by atoms with Crippen LogP contribution >= 0.6 is 0 Å². The average molecular weight is 520 g/mol. The molecule has 37 heavy (non-hydrogen) atoms. The van der Waals surface area contributed by atoms with Crippen LogP contribution in [-0.2, 0) is 7.05 Å². The fraction of sp³-hybridized carbons (Fsp3) is 0.444. The van der Waals surface area contributed by atoms with Crippen LogP contribution in [-0.4, -0.2) is 52.7 Å². The van der Waals surface area contributed by atoms with E-state index < -0.39 is 17.5 Å². The van der Waals surface area contributed by atoms with E-state index in [4.69, 9.17) is 0 Å². The lowest BCUT2D eigenvalue weighted by Crippen LogP contribution is -2.40. The van der Waals surface area contributed by atoms with E-state index in [1.165, 1.54) is 11.9 Å². The van der Waals surface area contributed by atoms with Crippen LogP contribution in [0.4, 0.5) is 24.5 Å². The van der Waals surface area contributed by atoms with Crippen molar-refractivity contribution in [1.29, 1.82) is 0 Å². The van der Waals surface area contributed by atoms with Gasteiger partial charge in [0.25, 0.3) is 5.56 Å². The molecule has 1 aliphatic rings. The van der Waals surface area contributed by atoms with Gasteiger partial charge >= 0.3 is 6.18 Å². The Kier molecular flexibility index (Phi) is 7.40. The van der Waals surface area contributed by atoms with Crippen molar-refractivity contribution < 1.29 is 23.6 Å². The van der Waals surface area contributed by atoms with E-state index in [1.54, 1.807) is 35.9 Å². The molecule has 7 nitrogen and oxygen atoms in total. The normalized spacial score (nSPS) is 16.8. The second-order valence-corrected chi connectivity index (χ2v) is 10.2. The Morgan fingerprint density at radius 2 is 1.76 bits per heavy atom. The number of para-hydroxylation sites is 2. The van der Waals surface area contributed by atoms with Gasteiger partial charge in [0.05, 0.1) is 6.54 Å². The summed E-state index contributed by atoms with van der Waals surface area (Å²) in [6.45, 7) is 3.60. The van der Waals surface area contributed by atoms with Crippen molar-refractivity contribution in [3.8, 4) is 0 Å². The van der Waals surface area contributed by atoms with E-state index in [2.05, 4.69) is 5.32 Å². The van der Waals surface area contributed by atoms with Crippen LogP contribution in [0.15, 0.2) is 47.3 Å².